The Bertz CT molecular complexity index is 465. The van der Waals surface area contributed by atoms with E-state index in [1.165, 1.54) is 5.56 Å². The molecule has 0 aliphatic rings. The van der Waals surface area contributed by atoms with Crippen molar-refractivity contribution in [3.63, 3.8) is 0 Å². The third kappa shape index (κ3) is 2.10. The van der Waals surface area contributed by atoms with Gasteiger partial charge in [0.25, 0.3) is 0 Å². The summed E-state index contributed by atoms with van der Waals surface area (Å²) in [5.41, 5.74) is 2.13. The second-order valence-corrected chi connectivity index (χ2v) is 4.10. The summed E-state index contributed by atoms with van der Waals surface area (Å²) in [5, 5.41) is 3.92. The first-order valence-corrected chi connectivity index (χ1v) is 5.55. The van der Waals surface area contributed by atoms with Crippen LogP contribution in [0.2, 0.25) is 5.02 Å². The van der Waals surface area contributed by atoms with Crippen molar-refractivity contribution in [3.8, 4) is 5.69 Å². The molecule has 1 heterocycles. The van der Waals surface area contributed by atoms with Crippen molar-refractivity contribution in [1.82, 2.24) is 14.9 Å². The second kappa shape index (κ2) is 4.68. The number of nitrogens with zero attached hydrogens (tertiary/aromatic N) is 2. The van der Waals surface area contributed by atoms with Gasteiger partial charge < -0.3 is 9.88 Å². The van der Waals surface area contributed by atoms with Gasteiger partial charge in [0.05, 0.1) is 17.0 Å². The van der Waals surface area contributed by atoms with E-state index in [9.17, 15) is 0 Å². The van der Waals surface area contributed by atoms with Crippen LogP contribution in [-0.4, -0.2) is 16.6 Å². The maximum atomic E-state index is 6.25. The maximum absolute atomic E-state index is 6.25. The van der Waals surface area contributed by atoms with Crippen LogP contribution in [0.1, 0.15) is 18.5 Å². The first kappa shape index (κ1) is 11.2. The molecule has 1 aromatic carbocycles. The van der Waals surface area contributed by atoms with E-state index < -0.39 is 0 Å². The molecular formula is C12H14ClN3. The number of imidazole rings is 1. The Balaban J connectivity index is 2.37. The Kier molecular flexibility index (Phi) is 3.27. The van der Waals surface area contributed by atoms with E-state index >= 15 is 0 Å². The average Bonchev–Trinajstić information content (AvgIpc) is 2.81. The van der Waals surface area contributed by atoms with E-state index in [2.05, 4.69) is 23.3 Å². The van der Waals surface area contributed by atoms with Crippen LogP contribution in [0.25, 0.3) is 5.69 Å². The van der Waals surface area contributed by atoms with Crippen LogP contribution < -0.4 is 5.32 Å². The largest absolute Gasteiger partial charge is 0.313 e. The van der Waals surface area contributed by atoms with Gasteiger partial charge in [-0.05, 0) is 31.7 Å². The van der Waals surface area contributed by atoms with E-state index in [-0.39, 0.29) is 0 Å². The molecule has 1 N–H and O–H groups in total. The molecule has 0 aliphatic heterocycles. The molecule has 0 aliphatic carbocycles. The molecule has 3 nitrogen and oxygen atoms in total. The summed E-state index contributed by atoms with van der Waals surface area (Å²) in [6.45, 7) is 2.10. The second-order valence-electron chi connectivity index (χ2n) is 3.69. The summed E-state index contributed by atoms with van der Waals surface area (Å²) in [6, 6.07) is 6.36. The molecule has 0 saturated heterocycles. The summed E-state index contributed by atoms with van der Waals surface area (Å²) in [5.74, 6) is 0. The molecule has 2 rings (SSSR count). The smallest absolute Gasteiger partial charge is 0.0992 e. The Morgan fingerprint density at radius 1 is 1.44 bits per heavy atom. The number of hydrogen-bond acceptors (Lipinski definition) is 2. The molecule has 0 fully saturated rings. The fourth-order valence-electron chi connectivity index (χ4n) is 1.57. The lowest BCUT2D eigenvalue weighted by Gasteiger charge is -2.13. The summed E-state index contributed by atoms with van der Waals surface area (Å²) in [4.78, 5) is 4.01. The van der Waals surface area contributed by atoms with Crippen molar-refractivity contribution in [2.24, 2.45) is 0 Å². The highest BCUT2D eigenvalue weighted by molar-refractivity contribution is 6.32. The van der Waals surface area contributed by atoms with Gasteiger partial charge in [-0.1, -0.05) is 17.7 Å². The van der Waals surface area contributed by atoms with Crippen molar-refractivity contribution in [2.45, 2.75) is 13.0 Å². The predicted molar refractivity (Wildman–Crippen MR) is 66.0 cm³/mol. The van der Waals surface area contributed by atoms with Gasteiger partial charge in [-0.15, -0.1) is 0 Å². The van der Waals surface area contributed by atoms with Crippen molar-refractivity contribution < 1.29 is 0 Å². The SMILES string of the molecule is CNC(C)c1ccc(-n2ccnc2)c(Cl)c1. The normalized spacial score (nSPS) is 12.7. The topological polar surface area (TPSA) is 29.9 Å². The third-order valence-electron chi connectivity index (χ3n) is 2.69. The Morgan fingerprint density at radius 2 is 2.25 bits per heavy atom. The molecule has 0 saturated carbocycles. The van der Waals surface area contributed by atoms with Gasteiger partial charge in [0.2, 0.25) is 0 Å². The zero-order chi connectivity index (χ0) is 11.5. The minimum Gasteiger partial charge on any atom is -0.313 e. The van der Waals surface area contributed by atoms with Gasteiger partial charge in [0, 0.05) is 18.4 Å². The van der Waals surface area contributed by atoms with Crippen molar-refractivity contribution in [1.29, 1.82) is 0 Å². The quantitative estimate of drug-likeness (QED) is 0.887. The van der Waals surface area contributed by atoms with Crippen molar-refractivity contribution >= 4 is 11.6 Å². The molecule has 2 aromatic rings. The molecule has 0 radical (unpaired) electrons. The average molecular weight is 236 g/mol. The predicted octanol–water partition coefficient (Wildman–Crippen LogP) is 2.81. The third-order valence-corrected chi connectivity index (χ3v) is 2.99. The first-order chi connectivity index (χ1) is 7.72. The highest BCUT2D eigenvalue weighted by atomic mass is 35.5. The number of nitrogens with one attached hydrogen (secondary N) is 1. The molecule has 1 unspecified atom stereocenters. The fourth-order valence-corrected chi connectivity index (χ4v) is 1.86. The molecule has 1 atom stereocenters. The van der Waals surface area contributed by atoms with E-state index in [0.717, 1.165) is 10.7 Å². The van der Waals surface area contributed by atoms with Crippen LogP contribution in [0, 0.1) is 0 Å². The molecule has 1 aromatic heterocycles. The molecule has 0 amide bonds. The molecule has 4 heteroatoms. The van der Waals surface area contributed by atoms with E-state index in [0.29, 0.717) is 6.04 Å². The Morgan fingerprint density at radius 3 is 2.81 bits per heavy atom. The lowest BCUT2D eigenvalue weighted by Crippen LogP contribution is -2.12. The number of hydrogen-bond donors (Lipinski definition) is 1. The van der Waals surface area contributed by atoms with E-state index in [4.69, 9.17) is 11.6 Å². The summed E-state index contributed by atoms with van der Waals surface area (Å²) in [6.07, 6.45) is 5.35. The monoisotopic (exact) mass is 235 g/mol. The lowest BCUT2D eigenvalue weighted by molar-refractivity contribution is 0.652. The number of benzene rings is 1. The van der Waals surface area contributed by atoms with Crippen LogP contribution in [0.5, 0.6) is 0 Å². The highest BCUT2D eigenvalue weighted by Crippen LogP contribution is 2.24. The number of halogens is 1. The number of aromatic nitrogens is 2. The molecule has 16 heavy (non-hydrogen) atoms. The Hall–Kier alpha value is -1.32. The van der Waals surface area contributed by atoms with Gasteiger partial charge in [-0.2, -0.15) is 0 Å². The van der Waals surface area contributed by atoms with E-state index in [1.807, 2.05) is 29.9 Å². The van der Waals surface area contributed by atoms with Crippen molar-refractivity contribution in [3.05, 3.63) is 47.5 Å². The van der Waals surface area contributed by atoms with Gasteiger partial charge in [0.1, 0.15) is 0 Å². The van der Waals surface area contributed by atoms with Crippen LogP contribution in [-0.2, 0) is 0 Å². The summed E-state index contributed by atoms with van der Waals surface area (Å²) in [7, 11) is 1.93. The minimum absolute atomic E-state index is 0.300. The van der Waals surface area contributed by atoms with Gasteiger partial charge in [-0.25, -0.2) is 4.98 Å². The summed E-state index contributed by atoms with van der Waals surface area (Å²) >= 11 is 6.25. The van der Waals surface area contributed by atoms with Gasteiger partial charge >= 0.3 is 0 Å². The fraction of sp³-hybridized carbons (Fsp3) is 0.250. The maximum Gasteiger partial charge on any atom is 0.0992 e. The standard InChI is InChI=1S/C12H14ClN3/c1-9(14-2)10-3-4-12(11(13)7-10)16-6-5-15-8-16/h3-9,14H,1-2H3. The van der Waals surface area contributed by atoms with Crippen LogP contribution >= 0.6 is 11.6 Å². The van der Waals surface area contributed by atoms with Crippen LogP contribution in [0.3, 0.4) is 0 Å². The zero-order valence-corrected chi connectivity index (χ0v) is 10.1. The lowest BCUT2D eigenvalue weighted by atomic mass is 10.1. The molecule has 0 bridgehead atoms. The van der Waals surface area contributed by atoms with Gasteiger partial charge in [-0.3, -0.25) is 0 Å². The Labute approximate surface area is 100 Å². The van der Waals surface area contributed by atoms with E-state index in [1.54, 1.807) is 12.5 Å². The minimum atomic E-state index is 0.300. The molecule has 84 valence electrons. The summed E-state index contributed by atoms with van der Waals surface area (Å²) < 4.78 is 1.90. The molecule has 0 spiro atoms. The van der Waals surface area contributed by atoms with Gasteiger partial charge in [0.15, 0.2) is 0 Å². The highest BCUT2D eigenvalue weighted by Gasteiger charge is 2.07. The number of rotatable bonds is 3. The van der Waals surface area contributed by atoms with Crippen LogP contribution in [0.4, 0.5) is 0 Å². The van der Waals surface area contributed by atoms with Crippen LogP contribution in [0.15, 0.2) is 36.9 Å². The molecular weight excluding hydrogens is 222 g/mol. The van der Waals surface area contributed by atoms with Crippen molar-refractivity contribution in [2.75, 3.05) is 7.05 Å². The zero-order valence-electron chi connectivity index (χ0n) is 9.31. The first-order valence-electron chi connectivity index (χ1n) is 5.17.